The Balaban J connectivity index is 1.83. The van der Waals surface area contributed by atoms with Crippen molar-refractivity contribution in [1.82, 2.24) is 10.6 Å². The third-order valence-corrected chi connectivity index (χ3v) is 4.04. The Morgan fingerprint density at radius 1 is 1.22 bits per heavy atom. The van der Waals surface area contributed by atoms with E-state index in [-0.39, 0.29) is 5.75 Å². The summed E-state index contributed by atoms with van der Waals surface area (Å²) in [6, 6.07) is 10.8. The highest BCUT2D eigenvalue weighted by molar-refractivity contribution is 7.09. The first kappa shape index (κ1) is 17.2. The molecule has 2 rings (SSSR count). The lowest BCUT2D eigenvalue weighted by atomic mass is 10.2. The number of nitrogens with zero attached hydrogens (tertiary/aromatic N) is 1. The smallest absolute Gasteiger partial charge is 0.387 e. The fourth-order valence-corrected chi connectivity index (χ4v) is 2.73. The van der Waals surface area contributed by atoms with Crippen molar-refractivity contribution in [3.8, 4) is 5.75 Å². The lowest BCUT2D eigenvalue weighted by Crippen LogP contribution is -2.37. The molecule has 23 heavy (non-hydrogen) atoms. The van der Waals surface area contributed by atoms with Gasteiger partial charge < -0.3 is 15.4 Å². The maximum Gasteiger partial charge on any atom is 0.387 e. The molecule has 7 heteroatoms. The van der Waals surface area contributed by atoms with Crippen LogP contribution in [0.5, 0.6) is 5.75 Å². The van der Waals surface area contributed by atoms with Gasteiger partial charge in [-0.05, 0) is 23.9 Å². The number of aliphatic imine (C=N–C) groups is 1. The standard InChI is InChI=1S/C16H19F2N3OS/c1-19-16(20-9-8-13-6-4-10-23-13)21-11-12-5-2-3-7-14(12)22-15(17)18/h2-7,10,15H,8-9,11H2,1H3,(H2,19,20,21). The van der Waals surface area contributed by atoms with E-state index in [2.05, 4.69) is 26.4 Å². The van der Waals surface area contributed by atoms with Crippen molar-refractivity contribution in [3.63, 3.8) is 0 Å². The molecule has 2 aromatic rings. The van der Waals surface area contributed by atoms with Gasteiger partial charge in [0.1, 0.15) is 5.75 Å². The number of ether oxygens (including phenoxy) is 1. The second-order valence-electron chi connectivity index (χ2n) is 4.67. The van der Waals surface area contributed by atoms with Gasteiger partial charge in [-0.15, -0.1) is 11.3 Å². The Morgan fingerprint density at radius 2 is 2.04 bits per heavy atom. The molecule has 0 bridgehead atoms. The van der Waals surface area contributed by atoms with Crippen LogP contribution in [0, 0.1) is 0 Å². The van der Waals surface area contributed by atoms with E-state index in [9.17, 15) is 8.78 Å². The first-order valence-electron chi connectivity index (χ1n) is 7.18. The van der Waals surface area contributed by atoms with Crippen molar-refractivity contribution in [3.05, 3.63) is 52.2 Å². The van der Waals surface area contributed by atoms with Crippen LogP contribution < -0.4 is 15.4 Å². The molecular formula is C16H19F2N3OS. The van der Waals surface area contributed by atoms with Crippen molar-refractivity contribution in [2.24, 2.45) is 4.99 Å². The van der Waals surface area contributed by atoms with Crippen molar-refractivity contribution in [2.45, 2.75) is 19.6 Å². The molecule has 2 N–H and O–H groups in total. The highest BCUT2D eigenvalue weighted by Gasteiger charge is 2.09. The van der Waals surface area contributed by atoms with Crippen LogP contribution in [0.1, 0.15) is 10.4 Å². The summed E-state index contributed by atoms with van der Waals surface area (Å²) < 4.78 is 29.3. The molecule has 0 atom stereocenters. The summed E-state index contributed by atoms with van der Waals surface area (Å²) in [7, 11) is 1.67. The van der Waals surface area contributed by atoms with E-state index in [4.69, 9.17) is 0 Å². The average Bonchev–Trinajstić information content (AvgIpc) is 3.05. The topological polar surface area (TPSA) is 45.7 Å². The number of alkyl halides is 2. The molecule has 0 unspecified atom stereocenters. The van der Waals surface area contributed by atoms with Crippen LogP contribution in [0.4, 0.5) is 8.78 Å². The average molecular weight is 339 g/mol. The Labute approximate surface area is 138 Å². The Bertz CT molecular complexity index is 618. The minimum absolute atomic E-state index is 0.170. The molecule has 0 saturated heterocycles. The van der Waals surface area contributed by atoms with E-state index in [0.29, 0.717) is 18.1 Å². The lowest BCUT2D eigenvalue weighted by molar-refractivity contribution is -0.0504. The monoisotopic (exact) mass is 339 g/mol. The molecule has 0 aliphatic heterocycles. The van der Waals surface area contributed by atoms with Crippen LogP contribution in [-0.2, 0) is 13.0 Å². The van der Waals surface area contributed by atoms with E-state index in [0.717, 1.165) is 13.0 Å². The fourth-order valence-electron chi connectivity index (χ4n) is 2.02. The first-order valence-corrected chi connectivity index (χ1v) is 8.06. The zero-order valence-corrected chi connectivity index (χ0v) is 13.6. The molecule has 1 aromatic carbocycles. The quantitative estimate of drug-likeness (QED) is 0.601. The Morgan fingerprint density at radius 3 is 2.74 bits per heavy atom. The maximum absolute atomic E-state index is 12.4. The van der Waals surface area contributed by atoms with Crippen LogP contribution in [0.15, 0.2) is 46.8 Å². The molecule has 1 aromatic heterocycles. The van der Waals surface area contributed by atoms with Gasteiger partial charge in [0.05, 0.1) is 0 Å². The minimum atomic E-state index is -2.83. The number of benzene rings is 1. The van der Waals surface area contributed by atoms with E-state index in [1.165, 1.54) is 10.9 Å². The fraction of sp³-hybridized carbons (Fsp3) is 0.312. The third kappa shape index (κ3) is 5.86. The molecule has 0 aliphatic carbocycles. The maximum atomic E-state index is 12.4. The SMILES string of the molecule is CN=C(NCCc1cccs1)NCc1ccccc1OC(F)F. The second kappa shape index (κ2) is 9.09. The van der Waals surface area contributed by atoms with Crippen molar-refractivity contribution in [1.29, 1.82) is 0 Å². The van der Waals surface area contributed by atoms with Crippen LogP contribution in [0.25, 0.3) is 0 Å². The lowest BCUT2D eigenvalue weighted by Gasteiger charge is -2.14. The van der Waals surface area contributed by atoms with E-state index < -0.39 is 6.61 Å². The number of hydrogen-bond donors (Lipinski definition) is 2. The van der Waals surface area contributed by atoms with Gasteiger partial charge in [-0.1, -0.05) is 24.3 Å². The third-order valence-electron chi connectivity index (χ3n) is 3.10. The van der Waals surface area contributed by atoms with Gasteiger partial charge in [0.25, 0.3) is 0 Å². The van der Waals surface area contributed by atoms with Crippen molar-refractivity contribution < 1.29 is 13.5 Å². The molecule has 0 saturated carbocycles. The largest absolute Gasteiger partial charge is 0.434 e. The molecule has 0 spiro atoms. The summed E-state index contributed by atoms with van der Waals surface area (Å²) in [6.07, 6.45) is 0.906. The van der Waals surface area contributed by atoms with Crippen LogP contribution in [0.2, 0.25) is 0 Å². The summed E-state index contributed by atoms with van der Waals surface area (Å²) in [5, 5.41) is 8.34. The summed E-state index contributed by atoms with van der Waals surface area (Å²) >= 11 is 1.71. The van der Waals surface area contributed by atoms with Gasteiger partial charge >= 0.3 is 6.61 Å². The summed E-state index contributed by atoms with van der Waals surface area (Å²) in [5.74, 6) is 0.789. The predicted octanol–water partition coefficient (Wildman–Crippen LogP) is 3.26. The number of guanidine groups is 1. The zero-order valence-electron chi connectivity index (χ0n) is 12.8. The first-order chi connectivity index (χ1) is 11.2. The molecular weight excluding hydrogens is 320 g/mol. The van der Waals surface area contributed by atoms with Crippen molar-refractivity contribution >= 4 is 17.3 Å². The number of halogens is 2. The van der Waals surface area contributed by atoms with Crippen LogP contribution in [-0.4, -0.2) is 26.2 Å². The van der Waals surface area contributed by atoms with Gasteiger partial charge in [0, 0.05) is 30.6 Å². The zero-order chi connectivity index (χ0) is 16.5. The Hall–Kier alpha value is -2.15. The van der Waals surface area contributed by atoms with Crippen LogP contribution in [0.3, 0.4) is 0 Å². The van der Waals surface area contributed by atoms with Crippen LogP contribution >= 0.6 is 11.3 Å². The number of nitrogens with one attached hydrogen (secondary N) is 2. The normalized spacial score (nSPS) is 11.6. The molecule has 4 nitrogen and oxygen atoms in total. The van der Waals surface area contributed by atoms with Gasteiger partial charge in [-0.25, -0.2) is 0 Å². The highest BCUT2D eigenvalue weighted by atomic mass is 32.1. The second-order valence-corrected chi connectivity index (χ2v) is 5.70. The molecule has 124 valence electrons. The predicted molar refractivity (Wildman–Crippen MR) is 89.3 cm³/mol. The summed E-state index contributed by atoms with van der Waals surface area (Å²) in [5.41, 5.74) is 0.647. The Kier molecular flexibility index (Phi) is 6.80. The molecule has 0 aliphatic rings. The van der Waals surface area contributed by atoms with Crippen molar-refractivity contribution in [2.75, 3.05) is 13.6 Å². The summed E-state index contributed by atoms with van der Waals surface area (Å²) in [6.45, 7) is -1.74. The van der Waals surface area contributed by atoms with Gasteiger partial charge in [0.2, 0.25) is 0 Å². The van der Waals surface area contributed by atoms with E-state index >= 15 is 0 Å². The molecule has 0 fully saturated rings. The molecule has 0 radical (unpaired) electrons. The number of rotatable bonds is 7. The number of para-hydroxylation sites is 1. The van der Waals surface area contributed by atoms with E-state index in [1.54, 1.807) is 36.6 Å². The number of thiophene rings is 1. The highest BCUT2D eigenvalue weighted by Crippen LogP contribution is 2.19. The molecule has 1 heterocycles. The minimum Gasteiger partial charge on any atom is -0.434 e. The van der Waals surface area contributed by atoms with E-state index in [1.807, 2.05) is 11.4 Å². The molecule has 0 amide bonds. The number of hydrogen-bond acceptors (Lipinski definition) is 3. The van der Waals surface area contributed by atoms with Gasteiger partial charge in [-0.2, -0.15) is 8.78 Å². The van der Waals surface area contributed by atoms with Gasteiger partial charge in [0.15, 0.2) is 5.96 Å². The summed E-state index contributed by atoms with van der Waals surface area (Å²) in [4.78, 5) is 5.42. The van der Waals surface area contributed by atoms with Gasteiger partial charge in [-0.3, -0.25) is 4.99 Å².